The van der Waals surface area contributed by atoms with Gasteiger partial charge in [-0.25, -0.2) is 5.14 Å². The molecule has 0 aromatic heterocycles. The first-order valence-electron chi connectivity index (χ1n) is 13.5. The molecule has 12 heteroatoms. The highest BCUT2D eigenvalue weighted by atomic mass is 35.5. The van der Waals surface area contributed by atoms with E-state index >= 15 is 0 Å². The first kappa shape index (κ1) is 32.7. The maximum atomic E-state index is 13.8. The van der Waals surface area contributed by atoms with Crippen LogP contribution in [0.25, 0.3) is 0 Å². The van der Waals surface area contributed by atoms with Gasteiger partial charge in [0, 0.05) is 17.0 Å². The molecule has 0 aliphatic carbocycles. The number of carbonyl (C=O) groups excluding carboxylic acids is 2. The largest absolute Gasteiger partial charge is 0.371 e. The lowest BCUT2D eigenvalue weighted by Gasteiger charge is -2.32. The second-order valence-corrected chi connectivity index (χ2v) is 12.2. The zero-order valence-corrected chi connectivity index (χ0v) is 24.9. The number of hydrogen-bond donors (Lipinski definition) is 3. The Kier molecular flexibility index (Phi) is 11.9. The summed E-state index contributed by atoms with van der Waals surface area (Å²) in [5.74, 6) is -0.740. The standard InChI is InChI=1S/C29H39ClN4O6S/c1-21(39-19-22-8-4-3-5-9-22)27(33-26(35)18-31)28(36)34-15-7-12-25(34)13-14-29(2,20-40-41(32,37)38)17-23-10-6-11-24(30)16-23/h3-6,8-11,13-14,16,21,25,27H,7,12,15,17-20,31H2,1-2H3,(H,33,35)(H2,32,37,38)/b14-13+/t21-,25+,27+,29+/m1/s1. The Morgan fingerprint density at radius 2 is 1.90 bits per heavy atom. The third-order valence-electron chi connectivity index (χ3n) is 6.95. The van der Waals surface area contributed by atoms with Gasteiger partial charge in [-0.2, -0.15) is 8.42 Å². The number of likely N-dealkylation sites (tertiary alicyclic amines) is 1. The Bertz CT molecular complexity index is 1310. The molecule has 1 heterocycles. The van der Waals surface area contributed by atoms with E-state index in [1.807, 2.05) is 61.5 Å². The van der Waals surface area contributed by atoms with Gasteiger partial charge in [0.2, 0.25) is 11.8 Å². The van der Waals surface area contributed by atoms with Crippen molar-refractivity contribution in [1.29, 1.82) is 0 Å². The fourth-order valence-electron chi connectivity index (χ4n) is 4.79. The van der Waals surface area contributed by atoms with Gasteiger partial charge in [0.1, 0.15) is 6.04 Å². The molecule has 1 aliphatic heterocycles. The van der Waals surface area contributed by atoms with Crippen LogP contribution in [0, 0.1) is 5.41 Å². The van der Waals surface area contributed by atoms with Crippen LogP contribution in [0.5, 0.6) is 0 Å². The Hall–Kier alpha value is -2.80. The van der Waals surface area contributed by atoms with Gasteiger partial charge in [-0.1, -0.05) is 73.1 Å². The molecule has 3 rings (SSSR count). The van der Waals surface area contributed by atoms with Crippen molar-refractivity contribution in [3.8, 4) is 0 Å². The van der Waals surface area contributed by atoms with E-state index in [0.717, 1.165) is 17.5 Å². The van der Waals surface area contributed by atoms with Gasteiger partial charge < -0.3 is 20.7 Å². The third-order valence-corrected chi connectivity index (χ3v) is 7.63. The molecule has 0 unspecified atom stereocenters. The van der Waals surface area contributed by atoms with Crippen LogP contribution in [0.4, 0.5) is 0 Å². The van der Waals surface area contributed by atoms with Crippen molar-refractivity contribution in [3.05, 3.63) is 82.9 Å². The summed E-state index contributed by atoms with van der Waals surface area (Å²) in [7, 11) is -4.17. The van der Waals surface area contributed by atoms with Crippen LogP contribution in [0.15, 0.2) is 66.7 Å². The number of halogens is 1. The minimum Gasteiger partial charge on any atom is -0.371 e. The fourth-order valence-corrected chi connectivity index (χ4v) is 5.43. The number of benzene rings is 2. The van der Waals surface area contributed by atoms with E-state index in [4.69, 9.17) is 31.4 Å². The van der Waals surface area contributed by atoms with Gasteiger partial charge in [-0.3, -0.25) is 13.8 Å². The molecule has 224 valence electrons. The molecular formula is C29H39ClN4O6S. The number of hydrogen-bond acceptors (Lipinski definition) is 7. The van der Waals surface area contributed by atoms with Gasteiger partial charge in [-0.05, 0) is 49.4 Å². The van der Waals surface area contributed by atoms with Gasteiger partial charge in [0.15, 0.2) is 0 Å². The summed E-state index contributed by atoms with van der Waals surface area (Å²) < 4.78 is 34.1. The molecule has 1 saturated heterocycles. The molecular weight excluding hydrogens is 568 g/mol. The lowest BCUT2D eigenvalue weighted by Crippen LogP contribution is -2.56. The Morgan fingerprint density at radius 1 is 1.20 bits per heavy atom. The number of nitrogens with two attached hydrogens (primary N) is 2. The average molecular weight is 607 g/mol. The van der Waals surface area contributed by atoms with E-state index < -0.39 is 33.8 Å². The maximum Gasteiger partial charge on any atom is 0.333 e. The Labute approximate surface area is 247 Å². The highest BCUT2D eigenvalue weighted by Gasteiger charge is 2.36. The fraction of sp³-hybridized carbons (Fsp3) is 0.448. The minimum atomic E-state index is -4.17. The third kappa shape index (κ3) is 10.5. The molecule has 2 amide bonds. The van der Waals surface area contributed by atoms with Crippen LogP contribution in [0.1, 0.15) is 37.8 Å². The van der Waals surface area contributed by atoms with Gasteiger partial charge >= 0.3 is 10.3 Å². The van der Waals surface area contributed by atoms with Crippen molar-refractivity contribution in [2.75, 3.05) is 19.7 Å². The number of ether oxygens (including phenoxy) is 1. The zero-order chi connectivity index (χ0) is 30.0. The Balaban J connectivity index is 1.79. The smallest absolute Gasteiger partial charge is 0.333 e. The van der Waals surface area contributed by atoms with Gasteiger partial charge in [-0.15, -0.1) is 0 Å². The molecule has 41 heavy (non-hydrogen) atoms. The normalized spacial score (nSPS) is 18.7. The lowest BCUT2D eigenvalue weighted by atomic mass is 9.83. The van der Waals surface area contributed by atoms with Gasteiger partial charge in [0.05, 0.1) is 31.9 Å². The molecule has 2 aromatic rings. The molecule has 2 aromatic carbocycles. The average Bonchev–Trinajstić information content (AvgIpc) is 3.41. The predicted octanol–water partition coefficient (Wildman–Crippen LogP) is 2.70. The molecule has 1 aliphatic rings. The number of nitrogens with zero attached hydrogens (tertiary/aromatic N) is 1. The molecule has 0 bridgehead atoms. The molecule has 0 saturated carbocycles. The van der Waals surface area contributed by atoms with E-state index in [9.17, 15) is 18.0 Å². The second-order valence-electron chi connectivity index (χ2n) is 10.6. The first-order valence-corrected chi connectivity index (χ1v) is 15.3. The summed E-state index contributed by atoms with van der Waals surface area (Å²) in [4.78, 5) is 27.8. The summed E-state index contributed by atoms with van der Waals surface area (Å²) in [6.45, 7) is 3.91. The SMILES string of the molecule is C[C@@H](OCc1ccccc1)[C@H](NC(=O)CN)C(=O)N1CCC[C@H]1/C=C/[C@](C)(COS(N)(=O)=O)Cc1cccc(Cl)c1. The monoisotopic (exact) mass is 606 g/mol. The van der Waals surface area contributed by atoms with Crippen molar-refractivity contribution in [1.82, 2.24) is 10.2 Å². The van der Waals surface area contributed by atoms with Crippen molar-refractivity contribution in [2.24, 2.45) is 16.3 Å². The minimum absolute atomic E-state index is 0.199. The predicted molar refractivity (Wildman–Crippen MR) is 158 cm³/mol. The molecule has 1 fully saturated rings. The number of nitrogens with one attached hydrogen (secondary N) is 1. The first-order chi connectivity index (χ1) is 19.4. The van der Waals surface area contributed by atoms with E-state index in [1.165, 1.54) is 0 Å². The maximum absolute atomic E-state index is 13.8. The van der Waals surface area contributed by atoms with E-state index in [2.05, 4.69) is 5.32 Å². The molecule has 10 nitrogen and oxygen atoms in total. The topological polar surface area (TPSA) is 154 Å². The zero-order valence-electron chi connectivity index (χ0n) is 23.4. The number of amides is 2. The van der Waals surface area contributed by atoms with Crippen LogP contribution < -0.4 is 16.2 Å². The van der Waals surface area contributed by atoms with E-state index in [1.54, 1.807) is 24.0 Å². The summed E-state index contributed by atoms with van der Waals surface area (Å²) in [6, 6.07) is 15.6. The quantitative estimate of drug-likeness (QED) is 0.279. The molecule has 5 N–H and O–H groups in total. The number of rotatable bonds is 14. The second kappa shape index (κ2) is 14.9. The molecule has 0 spiro atoms. The van der Waals surface area contributed by atoms with Crippen molar-refractivity contribution >= 4 is 33.7 Å². The van der Waals surface area contributed by atoms with Crippen LogP contribution in [-0.2, 0) is 41.8 Å². The van der Waals surface area contributed by atoms with Crippen LogP contribution in [0.2, 0.25) is 5.02 Å². The van der Waals surface area contributed by atoms with Crippen molar-refractivity contribution in [3.63, 3.8) is 0 Å². The van der Waals surface area contributed by atoms with E-state index in [-0.39, 0.29) is 31.7 Å². The van der Waals surface area contributed by atoms with E-state index in [0.29, 0.717) is 24.4 Å². The van der Waals surface area contributed by atoms with Crippen LogP contribution in [0.3, 0.4) is 0 Å². The summed E-state index contributed by atoms with van der Waals surface area (Å²) in [5, 5.41) is 8.40. The van der Waals surface area contributed by atoms with Crippen molar-refractivity contribution in [2.45, 2.75) is 57.9 Å². The molecule has 4 atom stereocenters. The Morgan fingerprint density at radius 3 is 2.56 bits per heavy atom. The highest BCUT2D eigenvalue weighted by molar-refractivity contribution is 7.84. The molecule has 0 radical (unpaired) electrons. The lowest BCUT2D eigenvalue weighted by molar-refractivity contribution is -0.140. The van der Waals surface area contributed by atoms with Crippen LogP contribution in [-0.4, -0.2) is 63.0 Å². The van der Waals surface area contributed by atoms with Crippen molar-refractivity contribution < 1.29 is 26.9 Å². The summed E-state index contributed by atoms with van der Waals surface area (Å²) in [5.41, 5.74) is 6.58. The van der Waals surface area contributed by atoms with Gasteiger partial charge in [0.25, 0.3) is 0 Å². The van der Waals surface area contributed by atoms with Crippen LogP contribution >= 0.6 is 11.6 Å². The summed E-state index contributed by atoms with van der Waals surface area (Å²) >= 11 is 6.16. The number of carbonyl (C=O) groups is 2. The highest BCUT2D eigenvalue weighted by Crippen LogP contribution is 2.29. The summed E-state index contributed by atoms with van der Waals surface area (Å²) in [6.07, 6.45) is 5.00.